The lowest BCUT2D eigenvalue weighted by Gasteiger charge is -2.26. The van der Waals surface area contributed by atoms with Gasteiger partial charge in [-0.15, -0.1) is 0 Å². The predicted molar refractivity (Wildman–Crippen MR) is 124 cm³/mol. The second-order valence-electron chi connectivity index (χ2n) is 7.59. The van der Waals surface area contributed by atoms with Gasteiger partial charge in [-0.2, -0.15) is 0 Å². The molecule has 4 aromatic rings. The standard InChI is InChI=1S/C25H18ClN3O3/c1-14-20(18-4-2-3-5-19(18)28-14)22-21(23(30)15-10-12-27-13-11-15)24(31)25(32)29(22)17-8-6-16(26)7-9-17/h2-13,22,28,30H,1H3/b23-21+. The van der Waals surface area contributed by atoms with Gasteiger partial charge in [0.15, 0.2) is 0 Å². The Morgan fingerprint density at radius 3 is 2.44 bits per heavy atom. The number of nitrogens with zero attached hydrogens (tertiary/aromatic N) is 2. The first-order chi connectivity index (χ1) is 15.5. The van der Waals surface area contributed by atoms with E-state index in [0.717, 1.165) is 22.2 Å². The molecule has 32 heavy (non-hydrogen) atoms. The quantitative estimate of drug-likeness (QED) is 0.260. The van der Waals surface area contributed by atoms with Crippen LogP contribution in [-0.4, -0.2) is 26.8 Å². The number of ketones is 1. The molecular formula is C25H18ClN3O3. The summed E-state index contributed by atoms with van der Waals surface area (Å²) in [6, 6.07) is 16.8. The van der Waals surface area contributed by atoms with Crippen LogP contribution in [0, 0.1) is 6.92 Å². The maximum absolute atomic E-state index is 13.3. The number of benzene rings is 2. The Morgan fingerprint density at radius 2 is 1.72 bits per heavy atom. The van der Waals surface area contributed by atoms with Crippen LogP contribution in [0.25, 0.3) is 16.7 Å². The fourth-order valence-corrected chi connectivity index (χ4v) is 4.42. The van der Waals surface area contributed by atoms with Crippen molar-refractivity contribution in [2.24, 2.45) is 0 Å². The lowest BCUT2D eigenvalue weighted by atomic mass is 9.93. The van der Waals surface area contributed by atoms with E-state index in [0.29, 0.717) is 16.3 Å². The molecule has 5 rings (SSSR count). The molecule has 1 saturated heterocycles. The van der Waals surface area contributed by atoms with Crippen molar-refractivity contribution in [3.63, 3.8) is 0 Å². The molecule has 0 radical (unpaired) electrons. The van der Waals surface area contributed by atoms with Crippen LogP contribution in [0.4, 0.5) is 5.69 Å². The Kier molecular flexibility index (Phi) is 4.79. The summed E-state index contributed by atoms with van der Waals surface area (Å²) in [6.45, 7) is 1.89. The Balaban J connectivity index is 1.82. The molecule has 1 unspecified atom stereocenters. The number of rotatable bonds is 3. The molecule has 3 heterocycles. The molecule has 2 N–H and O–H groups in total. The number of amides is 1. The maximum Gasteiger partial charge on any atom is 0.300 e. The molecule has 2 aromatic carbocycles. The highest BCUT2D eigenvalue weighted by molar-refractivity contribution is 6.52. The first kappa shape index (κ1) is 20.0. The van der Waals surface area contributed by atoms with Crippen LogP contribution < -0.4 is 4.90 Å². The topological polar surface area (TPSA) is 86.3 Å². The number of fused-ring (bicyclic) bond motifs is 1. The Morgan fingerprint density at radius 1 is 1.03 bits per heavy atom. The van der Waals surface area contributed by atoms with E-state index in [9.17, 15) is 14.7 Å². The van der Waals surface area contributed by atoms with E-state index in [4.69, 9.17) is 11.6 Å². The predicted octanol–water partition coefficient (Wildman–Crippen LogP) is 5.15. The number of nitrogens with one attached hydrogen (secondary N) is 1. The highest BCUT2D eigenvalue weighted by atomic mass is 35.5. The molecule has 0 spiro atoms. The van der Waals surface area contributed by atoms with Crippen LogP contribution in [0.5, 0.6) is 0 Å². The van der Waals surface area contributed by atoms with Crippen LogP contribution in [-0.2, 0) is 9.59 Å². The summed E-state index contributed by atoms with van der Waals surface area (Å²) in [5.41, 5.74) is 3.40. The van der Waals surface area contributed by atoms with Crippen LogP contribution in [0.2, 0.25) is 5.02 Å². The Hall–Kier alpha value is -3.90. The summed E-state index contributed by atoms with van der Waals surface area (Å²) in [7, 11) is 0. The zero-order valence-electron chi connectivity index (χ0n) is 17.0. The zero-order chi connectivity index (χ0) is 22.4. The minimum atomic E-state index is -0.819. The van der Waals surface area contributed by atoms with Crippen molar-refractivity contribution in [3.05, 3.63) is 100 Å². The molecule has 0 aliphatic carbocycles. The minimum absolute atomic E-state index is 0.0315. The third kappa shape index (κ3) is 3.08. The van der Waals surface area contributed by atoms with Gasteiger partial charge in [-0.3, -0.25) is 19.5 Å². The number of aliphatic hydroxyl groups excluding tert-OH is 1. The fraction of sp³-hybridized carbons (Fsp3) is 0.0800. The summed E-state index contributed by atoms with van der Waals surface area (Å²) in [6.07, 6.45) is 3.05. The van der Waals surface area contributed by atoms with Crippen molar-refractivity contribution < 1.29 is 14.7 Å². The van der Waals surface area contributed by atoms with Crippen molar-refractivity contribution in [2.75, 3.05) is 4.90 Å². The monoisotopic (exact) mass is 443 g/mol. The molecule has 158 valence electrons. The average Bonchev–Trinajstić information content (AvgIpc) is 3.27. The molecule has 0 bridgehead atoms. The van der Waals surface area contributed by atoms with Gasteiger partial charge in [0, 0.05) is 50.8 Å². The number of aromatic nitrogens is 2. The normalized spacial score (nSPS) is 17.9. The SMILES string of the molecule is Cc1[nH]c2ccccc2c1C1/C(=C(\O)c2ccncc2)C(=O)C(=O)N1c1ccc(Cl)cc1. The van der Waals surface area contributed by atoms with E-state index in [2.05, 4.69) is 9.97 Å². The van der Waals surface area contributed by atoms with E-state index in [1.54, 1.807) is 36.4 Å². The van der Waals surface area contributed by atoms with Gasteiger partial charge in [-0.05, 0) is 49.4 Å². The van der Waals surface area contributed by atoms with E-state index in [-0.39, 0.29) is 11.3 Å². The molecular weight excluding hydrogens is 426 g/mol. The smallest absolute Gasteiger partial charge is 0.300 e. The lowest BCUT2D eigenvalue weighted by Crippen LogP contribution is -2.29. The summed E-state index contributed by atoms with van der Waals surface area (Å²) >= 11 is 6.05. The van der Waals surface area contributed by atoms with Gasteiger partial charge in [0.25, 0.3) is 11.7 Å². The number of carbonyl (C=O) groups is 2. The third-order valence-corrected chi connectivity index (χ3v) is 5.97. The molecule has 6 nitrogen and oxygen atoms in total. The van der Waals surface area contributed by atoms with Gasteiger partial charge >= 0.3 is 0 Å². The van der Waals surface area contributed by atoms with Crippen LogP contribution in [0.15, 0.2) is 78.6 Å². The van der Waals surface area contributed by atoms with Gasteiger partial charge in [0.1, 0.15) is 5.76 Å². The average molecular weight is 444 g/mol. The number of H-pyrrole nitrogens is 1. The van der Waals surface area contributed by atoms with Gasteiger partial charge in [-0.1, -0.05) is 29.8 Å². The third-order valence-electron chi connectivity index (χ3n) is 5.72. The maximum atomic E-state index is 13.3. The number of hydrogen-bond donors (Lipinski definition) is 2. The van der Waals surface area contributed by atoms with Crippen LogP contribution in [0.1, 0.15) is 22.9 Å². The first-order valence-electron chi connectivity index (χ1n) is 10.0. The fourth-order valence-electron chi connectivity index (χ4n) is 4.29. The van der Waals surface area contributed by atoms with E-state index in [1.807, 2.05) is 31.2 Å². The highest BCUT2D eigenvalue weighted by Crippen LogP contribution is 2.45. The minimum Gasteiger partial charge on any atom is -0.507 e. The summed E-state index contributed by atoms with van der Waals surface area (Å²) < 4.78 is 0. The van der Waals surface area contributed by atoms with Crippen molar-refractivity contribution in [1.82, 2.24) is 9.97 Å². The van der Waals surface area contributed by atoms with Crippen LogP contribution in [0.3, 0.4) is 0 Å². The number of pyridine rings is 1. The van der Waals surface area contributed by atoms with Crippen LogP contribution >= 0.6 is 11.6 Å². The Labute approximate surface area is 188 Å². The number of carbonyl (C=O) groups excluding carboxylic acids is 2. The molecule has 1 aliphatic rings. The second-order valence-corrected chi connectivity index (χ2v) is 8.03. The second kappa shape index (κ2) is 7.66. The van der Waals surface area contributed by atoms with Crippen molar-refractivity contribution in [1.29, 1.82) is 0 Å². The van der Waals surface area contributed by atoms with E-state index in [1.165, 1.54) is 17.3 Å². The molecule has 0 saturated carbocycles. The molecule has 1 fully saturated rings. The van der Waals surface area contributed by atoms with Crippen molar-refractivity contribution >= 4 is 45.6 Å². The number of aliphatic hydroxyl groups is 1. The number of hydrogen-bond acceptors (Lipinski definition) is 4. The number of para-hydroxylation sites is 1. The molecule has 1 amide bonds. The molecule has 2 aromatic heterocycles. The Bertz CT molecular complexity index is 1390. The highest BCUT2D eigenvalue weighted by Gasteiger charge is 2.48. The summed E-state index contributed by atoms with van der Waals surface area (Å²) in [4.78, 5) is 35.3. The zero-order valence-corrected chi connectivity index (χ0v) is 17.8. The first-order valence-corrected chi connectivity index (χ1v) is 10.4. The van der Waals surface area contributed by atoms with E-state index < -0.39 is 17.7 Å². The van der Waals surface area contributed by atoms with Gasteiger partial charge < -0.3 is 10.1 Å². The molecule has 1 atom stereocenters. The van der Waals surface area contributed by atoms with Gasteiger partial charge in [0.05, 0.1) is 11.6 Å². The number of anilines is 1. The number of aryl methyl sites for hydroxylation is 1. The van der Waals surface area contributed by atoms with Crippen molar-refractivity contribution in [3.8, 4) is 0 Å². The van der Waals surface area contributed by atoms with Crippen molar-refractivity contribution in [2.45, 2.75) is 13.0 Å². The van der Waals surface area contributed by atoms with Gasteiger partial charge in [-0.25, -0.2) is 0 Å². The van der Waals surface area contributed by atoms with Gasteiger partial charge in [0.2, 0.25) is 0 Å². The largest absolute Gasteiger partial charge is 0.507 e. The molecule has 1 aliphatic heterocycles. The number of Topliss-reactive ketones (excluding diaryl/α,β-unsaturated/α-hetero) is 1. The summed E-state index contributed by atoms with van der Waals surface area (Å²) in [5.74, 6) is -1.70. The lowest BCUT2D eigenvalue weighted by molar-refractivity contribution is -0.132. The number of halogens is 1. The molecule has 7 heteroatoms. The van der Waals surface area contributed by atoms with E-state index >= 15 is 0 Å². The summed E-state index contributed by atoms with van der Waals surface area (Å²) in [5, 5.41) is 12.6. The number of aromatic amines is 1.